The van der Waals surface area contributed by atoms with Gasteiger partial charge in [-0.05, 0) is 50.2 Å². The predicted octanol–water partition coefficient (Wildman–Crippen LogP) is 7.05. The van der Waals surface area contributed by atoms with Crippen LogP contribution in [0, 0.1) is 0 Å². The summed E-state index contributed by atoms with van der Waals surface area (Å²) in [5.41, 5.74) is 1.89. The first-order chi connectivity index (χ1) is 19.8. The number of rotatable bonds is 8. The summed E-state index contributed by atoms with van der Waals surface area (Å²) in [5, 5.41) is 11.8. The highest BCUT2D eigenvalue weighted by Crippen LogP contribution is 2.54. The second kappa shape index (κ2) is 11.2. The second-order valence-corrected chi connectivity index (χ2v) is 10.1. The Bertz CT molecular complexity index is 1620. The number of halogens is 1. The van der Waals surface area contributed by atoms with Crippen LogP contribution in [-0.2, 0) is 15.1 Å². The number of cyclic esters (lactones) is 1. The lowest BCUT2D eigenvalue weighted by Crippen LogP contribution is -2.31. The molecule has 4 aromatic rings. The van der Waals surface area contributed by atoms with Gasteiger partial charge in [-0.3, -0.25) is 9.69 Å². The van der Waals surface area contributed by atoms with Gasteiger partial charge in [0.1, 0.15) is 11.5 Å². The normalized spacial score (nSPS) is 15.7. The van der Waals surface area contributed by atoms with Crippen LogP contribution in [0.15, 0.2) is 84.9 Å². The standard InChI is InChI=1S/C33H31ClN2O5/c1-5-35(6-2)23-16-17-26(30(38)18-23)33(25-15-11-10-14-24(25)32(39)41-33)27-19-29(28(34)20-31(27)40-4)36(21(3)37)22-12-8-7-9-13-22/h7-20,38H,5-6H2,1-4H3. The molecule has 4 aromatic carbocycles. The molecule has 1 atom stereocenters. The Kier molecular flexibility index (Phi) is 7.65. The van der Waals surface area contributed by atoms with Crippen LogP contribution in [-0.4, -0.2) is 37.2 Å². The Morgan fingerprint density at radius 3 is 2.22 bits per heavy atom. The zero-order chi connectivity index (χ0) is 29.3. The molecule has 1 unspecified atom stereocenters. The van der Waals surface area contributed by atoms with Crippen molar-refractivity contribution in [2.45, 2.75) is 26.4 Å². The first-order valence-corrected chi connectivity index (χ1v) is 13.8. The number of phenols is 1. The van der Waals surface area contributed by atoms with Gasteiger partial charge >= 0.3 is 5.97 Å². The molecule has 1 aliphatic rings. The van der Waals surface area contributed by atoms with Gasteiger partial charge in [-0.1, -0.05) is 48.0 Å². The molecular formula is C33H31ClN2O5. The fourth-order valence-electron chi connectivity index (χ4n) is 5.59. The third kappa shape index (κ3) is 4.66. The summed E-state index contributed by atoms with van der Waals surface area (Å²) in [6, 6.07) is 24.8. The minimum Gasteiger partial charge on any atom is -0.507 e. The van der Waals surface area contributed by atoms with Crippen LogP contribution < -0.4 is 14.5 Å². The highest BCUT2D eigenvalue weighted by molar-refractivity contribution is 6.34. The number of fused-ring (bicyclic) bond motifs is 1. The molecule has 7 nitrogen and oxygen atoms in total. The summed E-state index contributed by atoms with van der Waals surface area (Å²) in [5.74, 6) is -0.535. The van der Waals surface area contributed by atoms with Crippen LogP contribution in [0.5, 0.6) is 11.5 Å². The van der Waals surface area contributed by atoms with Crippen molar-refractivity contribution in [3.8, 4) is 11.5 Å². The number of carbonyl (C=O) groups is 2. The number of hydrogen-bond acceptors (Lipinski definition) is 6. The fraction of sp³-hybridized carbons (Fsp3) is 0.212. The summed E-state index contributed by atoms with van der Waals surface area (Å²) in [6.07, 6.45) is 0. The SMILES string of the molecule is CCN(CC)c1ccc(C2(c3cc(N(C(C)=O)c4ccccc4)c(Cl)cc3OC)OC(=O)c3ccccc32)c(O)c1. The number of anilines is 3. The maximum atomic E-state index is 13.4. The zero-order valence-electron chi connectivity index (χ0n) is 23.3. The molecule has 41 heavy (non-hydrogen) atoms. The fourth-order valence-corrected chi connectivity index (χ4v) is 5.83. The van der Waals surface area contributed by atoms with Crippen LogP contribution in [0.3, 0.4) is 0 Å². The number of amides is 1. The summed E-state index contributed by atoms with van der Waals surface area (Å²) in [7, 11) is 1.49. The minimum atomic E-state index is -1.59. The van der Waals surface area contributed by atoms with Crippen LogP contribution in [0.4, 0.5) is 17.1 Å². The summed E-state index contributed by atoms with van der Waals surface area (Å²) in [4.78, 5) is 30.0. The van der Waals surface area contributed by atoms with E-state index in [2.05, 4.69) is 4.90 Å². The molecule has 0 saturated heterocycles. The second-order valence-electron chi connectivity index (χ2n) is 9.68. The van der Waals surface area contributed by atoms with E-state index in [-0.39, 0.29) is 16.7 Å². The van der Waals surface area contributed by atoms with Crippen molar-refractivity contribution in [2.75, 3.05) is 30.0 Å². The van der Waals surface area contributed by atoms with Gasteiger partial charge in [0, 0.05) is 60.2 Å². The van der Waals surface area contributed by atoms with Gasteiger partial charge in [0.2, 0.25) is 5.91 Å². The first-order valence-electron chi connectivity index (χ1n) is 13.4. The summed E-state index contributed by atoms with van der Waals surface area (Å²) < 4.78 is 12.1. The van der Waals surface area contributed by atoms with E-state index in [1.165, 1.54) is 18.9 Å². The smallest absolute Gasteiger partial charge is 0.340 e. The molecule has 1 heterocycles. The lowest BCUT2D eigenvalue weighted by molar-refractivity contribution is -0.115. The molecule has 5 rings (SSSR count). The predicted molar refractivity (Wildman–Crippen MR) is 161 cm³/mol. The van der Waals surface area contributed by atoms with Gasteiger partial charge in [-0.2, -0.15) is 0 Å². The molecule has 0 fully saturated rings. The van der Waals surface area contributed by atoms with Crippen molar-refractivity contribution in [3.05, 3.63) is 112 Å². The number of para-hydroxylation sites is 1. The van der Waals surface area contributed by atoms with Crippen molar-refractivity contribution in [3.63, 3.8) is 0 Å². The van der Waals surface area contributed by atoms with Crippen molar-refractivity contribution in [2.24, 2.45) is 0 Å². The lowest BCUT2D eigenvalue weighted by atomic mass is 9.78. The van der Waals surface area contributed by atoms with Crippen molar-refractivity contribution in [1.82, 2.24) is 0 Å². The van der Waals surface area contributed by atoms with Gasteiger partial charge in [0.05, 0.1) is 23.4 Å². The number of nitrogens with zero attached hydrogens (tertiary/aromatic N) is 2. The molecule has 0 aliphatic carbocycles. The molecule has 1 aliphatic heterocycles. The van der Waals surface area contributed by atoms with Gasteiger partial charge in [0.25, 0.3) is 0 Å². The number of carbonyl (C=O) groups excluding carboxylic acids is 2. The van der Waals surface area contributed by atoms with Gasteiger partial charge in [0.15, 0.2) is 5.60 Å². The van der Waals surface area contributed by atoms with Crippen molar-refractivity contribution < 1.29 is 24.2 Å². The number of ether oxygens (including phenoxy) is 2. The molecular weight excluding hydrogens is 540 g/mol. The van der Waals surface area contributed by atoms with Crippen LogP contribution in [0.2, 0.25) is 5.02 Å². The van der Waals surface area contributed by atoms with Gasteiger partial charge in [-0.15, -0.1) is 0 Å². The molecule has 210 valence electrons. The molecule has 1 amide bonds. The quantitative estimate of drug-likeness (QED) is 0.229. The number of methoxy groups -OCH3 is 1. The largest absolute Gasteiger partial charge is 0.507 e. The number of esters is 1. The van der Waals surface area contributed by atoms with Gasteiger partial charge in [-0.25, -0.2) is 4.79 Å². The number of phenolic OH excluding ortho intramolecular Hbond substituents is 1. The molecule has 0 saturated carbocycles. The summed E-state index contributed by atoms with van der Waals surface area (Å²) >= 11 is 6.78. The van der Waals surface area contributed by atoms with E-state index in [0.29, 0.717) is 39.4 Å². The van der Waals surface area contributed by atoms with Crippen molar-refractivity contribution in [1.29, 1.82) is 0 Å². The Hall–Kier alpha value is -4.49. The van der Waals surface area contributed by atoms with Crippen LogP contribution in [0.1, 0.15) is 47.8 Å². The number of hydrogen-bond donors (Lipinski definition) is 1. The molecule has 0 radical (unpaired) electrons. The molecule has 0 bridgehead atoms. The highest BCUT2D eigenvalue weighted by atomic mass is 35.5. The van der Waals surface area contributed by atoms with Gasteiger partial charge < -0.3 is 19.5 Å². The van der Waals surface area contributed by atoms with E-state index < -0.39 is 11.6 Å². The Balaban J connectivity index is 1.84. The average molecular weight is 571 g/mol. The Morgan fingerprint density at radius 1 is 0.902 bits per heavy atom. The van der Waals surface area contributed by atoms with E-state index in [9.17, 15) is 14.7 Å². The minimum absolute atomic E-state index is 0.0519. The first kappa shape index (κ1) is 28.1. The van der Waals surface area contributed by atoms with E-state index in [1.54, 1.807) is 54.6 Å². The molecule has 8 heteroatoms. The highest BCUT2D eigenvalue weighted by Gasteiger charge is 2.52. The molecule has 1 N–H and O–H groups in total. The molecule has 0 aromatic heterocycles. The number of aromatic hydroxyl groups is 1. The van der Waals surface area contributed by atoms with E-state index >= 15 is 0 Å². The average Bonchev–Trinajstić information content (AvgIpc) is 3.27. The summed E-state index contributed by atoms with van der Waals surface area (Å²) in [6.45, 7) is 7.04. The third-order valence-electron chi connectivity index (χ3n) is 7.48. The van der Waals surface area contributed by atoms with Crippen molar-refractivity contribution >= 4 is 40.5 Å². The Labute approximate surface area is 244 Å². The Morgan fingerprint density at radius 2 is 1.59 bits per heavy atom. The number of benzene rings is 4. The molecule has 0 spiro atoms. The monoisotopic (exact) mass is 570 g/mol. The third-order valence-corrected chi connectivity index (χ3v) is 7.78. The van der Waals surface area contributed by atoms with E-state index in [0.717, 1.165) is 18.8 Å². The lowest BCUT2D eigenvalue weighted by Gasteiger charge is -2.34. The van der Waals surface area contributed by atoms with E-state index in [4.69, 9.17) is 21.1 Å². The van der Waals surface area contributed by atoms with Crippen LogP contribution >= 0.6 is 11.6 Å². The topological polar surface area (TPSA) is 79.3 Å². The maximum absolute atomic E-state index is 13.4. The van der Waals surface area contributed by atoms with Crippen LogP contribution in [0.25, 0.3) is 0 Å². The maximum Gasteiger partial charge on any atom is 0.340 e. The zero-order valence-corrected chi connectivity index (χ0v) is 24.1. The van der Waals surface area contributed by atoms with E-state index in [1.807, 2.05) is 44.2 Å².